The number of hydrogen-bond donors (Lipinski definition) is 0. The van der Waals surface area contributed by atoms with Gasteiger partial charge < -0.3 is 4.74 Å². The van der Waals surface area contributed by atoms with Gasteiger partial charge in [0.15, 0.2) is 0 Å². The molecular formula is C62H36O. The first kappa shape index (κ1) is 33.7. The maximum atomic E-state index is 7.45. The summed E-state index contributed by atoms with van der Waals surface area (Å²) in [4.78, 5) is 0. The van der Waals surface area contributed by atoms with Crippen molar-refractivity contribution in [2.75, 3.05) is 0 Å². The fourth-order valence-corrected chi connectivity index (χ4v) is 12.9. The van der Waals surface area contributed by atoms with E-state index < -0.39 is 10.8 Å². The molecule has 11 aromatic rings. The van der Waals surface area contributed by atoms with E-state index in [1.807, 2.05) is 0 Å². The number of fused-ring (bicyclic) bond motifs is 25. The zero-order valence-corrected chi connectivity index (χ0v) is 34.2. The molecule has 4 aliphatic rings. The Hall–Kier alpha value is -8.00. The Morgan fingerprint density at radius 1 is 0.238 bits per heavy atom. The smallest absolute Gasteiger partial charge is 0.140 e. The van der Waals surface area contributed by atoms with Crippen LogP contribution in [0.3, 0.4) is 0 Å². The average molecular weight is 797 g/mol. The standard InChI is InChI=1S/C62H36O/c1-3-18-39-37(16-1)32-34-54-57(39)46-24-9-13-29-51(46)61(54)52-30-14-10-25-47(52)58-44(26-15-31-53(58)61)48-36-56-60(45-23-6-5-20-41(45)48)63-59-40-19-4-2-17-38(40)33-35-55(59)62(56)49-27-11-7-21-42(49)43-22-8-12-28-50(43)62/h1-36H. The largest absolute Gasteiger partial charge is 0.455 e. The number of benzene rings is 11. The normalized spacial score (nSPS) is 16.3. The molecule has 1 nitrogen and oxygen atoms in total. The van der Waals surface area contributed by atoms with Gasteiger partial charge in [0.25, 0.3) is 0 Å². The van der Waals surface area contributed by atoms with Gasteiger partial charge in [0.2, 0.25) is 0 Å². The van der Waals surface area contributed by atoms with Gasteiger partial charge in [-0.1, -0.05) is 212 Å². The molecular weight excluding hydrogens is 761 g/mol. The zero-order chi connectivity index (χ0) is 41.0. The first-order valence-corrected chi connectivity index (χ1v) is 22.1. The Kier molecular flexibility index (Phi) is 6.35. The van der Waals surface area contributed by atoms with Crippen molar-refractivity contribution in [2.24, 2.45) is 0 Å². The van der Waals surface area contributed by atoms with Gasteiger partial charge in [-0.3, -0.25) is 0 Å². The van der Waals surface area contributed by atoms with E-state index in [1.54, 1.807) is 0 Å². The molecule has 0 N–H and O–H groups in total. The summed E-state index contributed by atoms with van der Waals surface area (Å²) in [5.74, 6) is 1.87. The van der Waals surface area contributed by atoms with Gasteiger partial charge in [-0.05, 0) is 105 Å². The van der Waals surface area contributed by atoms with Crippen LogP contribution >= 0.6 is 0 Å². The van der Waals surface area contributed by atoms with E-state index in [9.17, 15) is 0 Å². The van der Waals surface area contributed by atoms with E-state index >= 15 is 0 Å². The molecule has 63 heavy (non-hydrogen) atoms. The van der Waals surface area contributed by atoms with E-state index in [2.05, 4.69) is 218 Å². The minimum absolute atomic E-state index is 0.477. The lowest BCUT2D eigenvalue weighted by molar-refractivity contribution is 0.447. The van der Waals surface area contributed by atoms with E-state index in [0.29, 0.717) is 0 Å². The minimum Gasteiger partial charge on any atom is -0.455 e. The highest BCUT2D eigenvalue weighted by atomic mass is 16.5. The molecule has 0 fully saturated rings. The molecule has 11 aromatic carbocycles. The minimum atomic E-state index is -0.625. The third-order valence-electron chi connectivity index (χ3n) is 15.1. The highest BCUT2D eigenvalue weighted by molar-refractivity contribution is 6.11. The van der Waals surface area contributed by atoms with Crippen molar-refractivity contribution in [3.8, 4) is 56.0 Å². The zero-order valence-electron chi connectivity index (χ0n) is 34.2. The van der Waals surface area contributed by atoms with Gasteiger partial charge in [0.1, 0.15) is 11.5 Å². The molecule has 0 saturated carbocycles. The molecule has 0 bridgehead atoms. The third-order valence-corrected chi connectivity index (χ3v) is 15.1. The van der Waals surface area contributed by atoms with Gasteiger partial charge in [-0.15, -0.1) is 0 Å². The SMILES string of the molecule is c1ccc2c(c1)-c1c(-c3cc4c(c5ccccc35)Oc3c(ccc5ccccc35)C43c4ccccc4-c4ccccc43)cccc1C21c2ccccc2-c2c1ccc1ccccc21. The van der Waals surface area contributed by atoms with Crippen LogP contribution < -0.4 is 4.74 Å². The monoisotopic (exact) mass is 796 g/mol. The summed E-state index contributed by atoms with van der Waals surface area (Å²) in [6.45, 7) is 0. The number of hydrogen-bond acceptors (Lipinski definition) is 1. The van der Waals surface area contributed by atoms with E-state index in [0.717, 1.165) is 22.3 Å². The Labute approximate surface area is 365 Å². The second kappa shape index (κ2) is 11.9. The van der Waals surface area contributed by atoms with Crippen LogP contribution in [0.5, 0.6) is 11.5 Å². The Morgan fingerprint density at radius 3 is 1.35 bits per heavy atom. The quantitative estimate of drug-likeness (QED) is 0.161. The van der Waals surface area contributed by atoms with Gasteiger partial charge in [-0.25, -0.2) is 0 Å². The molecule has 0 saturated heterocycles. The van der Waals surface area contributed by atoms with Crippen LogP contribution in [0, 0.1) is 0 Å². The lowest BCUT2D eigenvalue weighted by atomic mass is 9.64. The summed E-state index contributed by atoms with van der Waals surface area (Å²) >= 11 is 0. The Balaban J connectivity index is 1.09. The van der Waals surface area contributed by atoms with Crippen molar-refractivity contribution in [1.29, 1.82) is 0 Å². The third kappa shape index (κ3) is 3.92. The first-order valence-electron chi connectivity index (χ1n) is 22.1. The van der Waals surface area contributed by atoms with Crippen LogP contribution in [0.25, 0.3) is 76.8 Å². The van der Waals surface area contributed by atoms with Gasteiger partial charge >= 0.3 is 0 Å². The van der Waals surface area contributed by atoms with Gasteiger partial charge in [-0.2, -0.15) is 0 Å². The highest BCUT2D eigenvalue weighted by Gasteiger charge is 2.54. The molecule has 1 heterocycles. The summed E-state index contributed by atoms with van der Waals surface area (Å²) in [6.07, 6.45) is 0. The molecule has 0 radical (unpaired) electrons. The molecule has 290 valence electrons. The molecule has 0 amide bonds. The molecule has 1 atom stereocenters. The molecule has 15 rings (SSSR count). The highest BCUT2D eigenvalue weighted by Crippen LogP contribution is 2.67. The van der Waals surface area contributed by atoms with E-state index in [-0.39, 0.29) is 0 Å². The van der Waals surface area contributed by atoms with Crippen molar-refractivity contribution >= 4 is 32.3 Å². The van der Waals surface area contributed by atoms with E-state index in [1.165, 1.54) is 111 Å². The van der Waals surface area contributed by atoms with Crippen molar-refractivity contribution in [1.82, 2.24) is 0 Å². The van der Waals surface area contributed by atoms with Crippen LogP contribution in [-0.4, -0.2) is 0 Å². The Bertz CT molecular complexity index is 3800. The predicted molar refractivity (Wildman–Crippen MR) is 258 cm³/mol. The van der Waals surface area contributed by atoms with Crippen molar-refractivity contribution in [2.45, 2.75) is 10.8 Å². The lowest BCUT2D eigenvalue weighted by Crippen LogP contribution is -2.32. The second-order valence-corrected chi connectivity index (χ2v) is 17.7. The molecule has 1 heteroatoms. The first-order chi connectivity index (χ1) is 31.3. The molecule has 0 aromatic heterocycles. The summed E-state index contributed by atoms with van der Waals surface area (Å²) in [7, 11) is 0. The number of rotatable bonds is 1. The topological polar surface area (TPSA) is 9.23 Å². The van der Waals surface area contributed by atoms with Crippen LogP contribution in [0.1, 0.15) is 44.5 Å². The maximum Gasteiger partial charge on any atom is 0.140 e. The van der Waals surface area contributed by atoms with Crippen LogP contribution in [0.2, 0.25) is 0 Å². The van der Waals surface area contributed by atoms with Crippen LogP contribution in [0.15, 0.2) is 218 Å². The summed E-state index contributed by atoms with van der Waals surface area (Å²) in [6, 6.07) is 82.0. The van der Waals surface area contributed by atoms with Crippen molar-refractivity contribution in [3.63, 3.8) is 0 Å². The van der Waals surface area contributed by atoms with Crippen LogP contribution in [0.4, 0.5) is 0 Å². The number of ether oxygens (including phenoxy) is 1. The van der Waals surface area contributed by atoms with Gasteiger partial charge in [0, 0.05) is 21.9 Å². The van der Waals surface area contributed by atoms with Crippen molar-refractivity contribution in [3.05, 3.63) is 263 Å². The Morgan fingerprint density at radius 2 is 0.667 bits per heavy atom. The predicted octanol–water partition coefficient (Wildman–Crippen LogP) is 15.6. The van der Waals surface area contributed by atoms with Crippen LogP contribution in [-0.2, 0) is 10.8 Å². The molecule has 1 aliphatic heterocycles. The molecule has 2 spiro atoms. The molecule has 3 aliphatic carbocycles. The van der Waals surface area contributed by atoms with Crippen molar-refractivity contribution < 1.29 is 4.74 Å². The fourth-order valence-electron chi connectivity index (χ4n) is 12.9. The summed E-state index contributed by atoms with van der Waals surface area (Å²) in [5.41, 5.74) is 19.5. The second-order valence-electron chi connectivity index (χ2n) is 17.7. The summed E-state index contributed by atoms with van der Waals surface area (Å²) in [5, 5.41) is 7.17. The van der Waals surface area contributed by atoms with Gasteiger partial charge in [0.05, 0.1) is 10.8 Å². The maximum absolute atomic E-state index is 7.45. The lowest BCUT2D eigenvalue weighted by Gasteiger charge is -2.40. The summed E-state index contributed by atoms with van der Waals surface area (Å²) < 4.78 is 7.45. The van der Waals surface area contributed by atoms with E-state index in [4.69, 9.17) is 4.74 Å². The molecule has 1 unspecified atom stereocenters. The fraction of sp³-hybridized carbons (Fsp3) is 0.0323. The average Bonchev–Trinajstić information content (AvgIpc) is 3.94.